The SMILES string of the molecule is CCOc1ccc([C@@H]2C(C(=O)OC)=CN=c3s/c(=C\c4cc(Br)c(OCC(=O)O)c(I)c4)c(=O)n32)cc1OCC. The molecule has 1 aliphatic rings. The number of aromatic nitrogens is 1. The number of rotatable bonds is 10. The number of hydrogen-bond donors (Lipinski definition) is 1. The number of halogens is 2. The molecular weight excluding hydrogens is 719 g/mol. The molecule has 0 saturated heterocycles. The molecule has 0 bridgehead atoms. The lowest BCUT2D eigenvalue weighted by Gasteiger charge is -2.23. The Morgan fingerprint density at radius 1 is 1.15 bits per heavy atom. The number of carboxylic acids is 1. The molecule has 10 nitrogen and oxygen atoms in total. The van der Waals surface area contributed by atoms with Crippen LogP contribution in [0.2, 0.25) is 0 Å². The van der Waals surface area contributed by atoms with Crippen LogP contribution in [-0.2, 0) is 14.3 Å². The van der Waals surface area contributed by atoms with E-state index in [9.17, 15) is 14.4 Å². The number of carbonyl (C=O) groups is 2. The standard InChI is InChI=1S/C27H24BrIN2O8S/c1-4-37-19-7-6-15(11-20(19)38-5-2)23-16(26(35)36-3)12-30-27-31(23)25(34)21(40-27)10-14-8-17(28)24(18(29)9-14)39-13-22(32)33/h6-12,23H,4-5,13H2,1-3H3,(H,32,33)/b21-10-/t23-/m1/s1. The fourth-order valence-electron chi connectivity index (χ4n) is 4.07. The molecule has 0 saturated carbocycles. The van der Waals surface area contributed by atoms with Gasteiger partial charge in [0, 0.05) is 6.20 Å². The van der Waals surface area contributed by atoms with Crippen molar-refractivity contribution in [3.8, 4) is 17.2 Å². The minimum Gasteiger partial charge on any atom is -0.490 e. The molecule has 210 valence electrons. The first kappa shape index (κ1) is 29.8. The number of fused-ring (bicyclic) bond motifs is 1. The van der Waals surface area contributed by atoms with E-state index in [1.165, 1.54) is 29.2 Å². The third-order valence-electron chi connectivity index (χ3n) is 5.67. The van der Waals surface area contributed by atoms with E-state index in [1.807, 2.05) is 36.4 Å². The van der Waals surface area contributed by atoms with Crippen molar-refractivity contribution in [2.24, 2.45) is 4.99 Å². The molecule has 1 N–H and O–H groups in total. The van der Waals surface area contributed by atoms with Gasteiger partial charge in [-0.05, 0) is 93.8 Å². The van der Waals surface area contributed by atoms with Gasteiger partial charge in [0.25, 0.3) is 5.56 Å². The molecule has 0 spiro atoms. The van der Waals surface area contributed by atoms with Gasteiger partial charge >= 0.3 is 11.9 Å². The number of carboxylic acid groups (broad SMARTS) is 1. The molecule has 40 heavy (non-hydrogen) atoms. The Bertz CT molecular complexity index is 1660. The number of ether oxygens (including phenoxy) is 4. The summed E-state index contributed by atoms with van der Waals surface area (Å²) in [4.78, 5) is 42.3. The lowest BCUT2D eigenvalue weighted by atomic mass is 9.97. The minimum atomic E-state index is -1.09. The zero-order valence-electron chi connectivity index (χ0n) is 21.6. The Morgan fingerprint density at radius 2 is 1.88 bits per heavy atom. The van der Waals surface area contributed by atoms with Gasteiger partial charge in [-0.1, -0.05) is 17.4 Å². The first-order valence-corrected chi connectivity index (χ1v) is 14.7. The van der Waals surface area contributed by atoms with Crippen molar-refractivity contribution in [3.63, 3.8) is 0 Å². The molecule has 2 heterocycles. The highest BCUT2D eigenvalue weighted by Gasteiger charge is 2.31. The van der Waals surface area contributed by atoms with Crippen molar-refractivity contribution in [1.29, 1.82) is 0 Å². The van der Waals surface area contributed by atoms with E-state index in [0.29, 0.717) is 59.0 Å². The summed E-state index contributed by atoms with van der Waals surface area (Å²) in [5, 5.41) is 8.93. The third kappa shape index (κ3) is 6.25. The molecule has 0 fully saturated rings. The average molecular weight is 743 g/mol. The maximum atomic E-state index is 13.8. The Morgan fingerprint density at radius 3 is 2.52 bits per heavy atom. The summed E-state index contributed by atoms with van der Waals surface area (Å²) in [6.45, 7) is 4.10. The first-order chi connectivity index (χ1) is 19.2. The summed E-state index contributed by atoms with van der Waals surface area (Å²) in [5.41, 5.74) is 1.17. The van der Waals surface area contributed by atoms with E-state index in [-0.39, 0.29) is 11.1 Å². The number of hydrogen-bond acceptors (Lipinski definition) is 9. The molecule has 1 aromatic heterocycles. The highest BCUT2D eigenvalue weighted by atomic mass is 127. The second-order valence-corrected chi connectivity index (χ2v) is 11.3. The molecule has 1 aliphatic heterocycles. The number of carbonyl (C=O) groups excluding carboxylic acids is 1. The van der Waals surface area contributed by atoms with E-state index < -0.39 is 24.6 Å². The predicted octanol–water partition coefficient (Wildman–Crippen LogP) is 3.65. The monoisotopic (exact) mass is 742 g/mol. The van der Waals surface area contributed by atoms with Gasteiger partial charge in [-0.3, -0.25) is 9.36 Å². The second kappa shape index (κ2) is 13.0. The number of benzene rings is 2. The van der Waals surface area contributed by atoms with Crippen LogP contribution in [0.25, 0.3) is 6.08 Å². The van der Waals surface area contributed by atoms with Crippen LogP contribution in [-0.4, -0.2) is 48.5 Å². The molecule has 13 heteroatoms. The van der Waals surface area contributed by atoms with E-state index >= 15 is 0 Å². The van der Waals surface area contributed by atoms with Gasteiger partial charge in [-0.25, -0.2) is 14.6 Å². The summed E-state index contributed by atoms with van der Waals surface area (Å²) in [7, 11) is 1.28. The maximum absolute atomic E-state index is 13.8. The number of esters is 1. The van der Waals surface area contributed by atoms with Crippen LogP contribution in [0, 0.1) is 3.57 Å². The van der Waals surface area contributed by atoms with Crippen LogP contribution in [0.1, 0.15) is 31.0 Å². The Hall–Kier alpha value is -3.17. The fraction of sp³-hybridized carbons (Fsp3) is 0.259. The molecule has 4 rings (SSSR count). The first-order valence-electron chi connectivity index (χ1n) is 12.0. The van der Waals surface area contributed by atoms with Crippen molar-refractivity contribution in [2.75, 3.05) is 26.9 Å². The molecule has 0 unspecified atom stereocenters. The predicted molar refractivity (Wildman–Crippen MR) is 160 cm³/mol. The number of aliphatic carboxylic acids is 1. The van der Waals surface area contributed by atoms with Gasteiger partial charge in [0.1, 0.15) is 5.75 Å². The number of methoxy groups -OCH3 is 1. The normalized spacial score (nSPS) is 14.6. The highest BCUT2D eigenvalue weighted by Crippen LogP contribution is 2.35. The minimum absolute atomic E-state index is 0.199. The quantitative estimate of drug-likeness (QED) is 0.247. The van der Waals surface area contributed by atoms with Crippen molar-refractivity contribution in [3.05, 3.63) is 81.0 Å². The topological polar surface area (TPSA) is 126 Å². The molecule has 0 amide bonds. The van der Waals surface area contributed by atoms with Gasteiger partial charge in [-0.15, -0.1) is 0 Å². The Balaban J connectivity index is 1.84. The van der Waals surface area contributed by atoms with Crippen LogP contribution in [0.5, 0.6) is 17.2 Å². The van der Waals surface area contributed by atoms with E-state index in [0.717, 1.165) is 0 Å². The molecular formula is C27H24BrIN2O8S. The van der Waals surface area contributed by atoms with Crippen molar-refractivity contribution in [1.82, 2.24) is 4.57 Å². The molecule has 0 radical (unpaired) electrons. The van der Waals surface area contributed by atoms with E-state index in [2.05, 4.69) is 20.9 Å². The van der Waals surface area contributed by atoms with Gasteiger partial charge in [0.2, 0.25) is 0 Å². The summed E-state index contributed by atoms with van der Waals surface area (Å²) >= 11 is 6.64. The largest absolute Gasteiger partial charge is 0.490 e. The lowest BCUT2D eigenvalue weighted by molar-refractivity contribution is -0.139. The van der Waals surface area contributed by atoms with Crippen molar-refractivity contribution in [2.45, 2.75) is 19.9 Å². The van der Waals surface area contributed by atoms with Gasteiger partial charge in [0.05, 0.1) is 44.5 Å². The zero-order chi connectivity index (χ0) is 29.0. The molecule has 2 aromatic carbocycles. The number of thiazole rings is 1. The lowest BCUT2D eigenvalue weighted by Crippen LogP contribution is -2.39. The van der Waals surface area contributed by atoms with Crippen molar-refractivity contribution >= 4 is 67.9 Å². The molecule has 3 aromatic rings. The van der Waals surface area contributed by atoms with E-state index in [1.54, 1.807) is 36.4 Å². The van der Waals surface area contributed by atoms with Crippen molar-refractivity contribution < 1.29 is 33.6 Å². The maximum Gasteiger partial charge on any atom is 0.341 e. The van der Waals surface area contributed by atoms with Crippen LogP contribution < -0.4 is 29.1 Å². The molecule has 1 atom stereocenters. The summed E-state index contributed by atoms with van der Waals surface area (Å²) in [5.74, 6) is -0.250. The molecule has 0 aliphatic carbocycles. The zero-order valence-corrected chi connectivity index (χ0v) is 26.2. The highest BCUT2D eigenvalue weighted by molar-refractivity contribution is 14.1. The van der Waals surface area contributed by atoms with Crippen LogP contribution >= 0.6 is 49.9 Å². The van der Waals surface area contributed by atoms with Gasteiger partial charge in [0.15, 0.2) is 22.9 Å². The third-order valence-corrected chi connectivity index (χ3v) is 8.05. The summed E-state index contributed by atoms with van der Waals surface area (Å²) in [6.07, 6.45) is 3.14. The van der Waals surface area contributed by atoms with Gasteiger partial charge < -0.3 is 24.1 Å². The van der Waals surface area contributed by atoms with Crippen LogP contribution in [0.3, 0.4) is 0 Å². The fourth-order valence-corrected chi connectivity index (χ4v) is 6.81. The van der Waals surface area contributed by atoms with Crippen LogP contribution in [0.15, 0.2) is 56.4 Å². The van der Waals surface area contributed by atoms with Crippen LogP contribution in [0.4, 0.5) is 0 Å². The number of nitrogens with zero attached hydrogens (tertiary/aromatic N) is 2. The average Bonchev–Trinajstić information content (AvgIpc) is 3.23. The summed E-state index contributed by atoms with van der Waals surface area (Å²) < 4.78 is 24.9. The Kier molecular flexibility index (Phi) is 9.68. The Labute approximate surface area is 254 Å². The smallest absolute Gasteiger partial charge is 0.341 e. The second-order valence-electron chi connectivity index (χ2n) is 8.24. The summed E-state index contributed by atoms with van der Waals surface area (Å²) in [6, 6.07) is 8.00. The van der Waals surface area contributed by atoms with Gasteiger partial charge in [-0.2, -0.15) is 0 Å². The van der Waals surface area contributed by atoms with E-state index in [4.69, 9.17) is 24.1 Å².